The van der Waals surface area contributed by atoms with Crippen LogP contribution in [0.15, 0.2) is 47.5 Å². The summed E-state index contributed by atoms with van der Waals surface area (Å²) in [4.78, 5) is 31.5. The number of benzene rings is 1. The van der Waals surface area contributed by atoms with E-state index in [1.807, 2.05) is 36.6 Å². The Hall–Kier alpha value is -2.60. The lowest BCUT2D eigenvalue weighted by molar-refractivity contribution is -0.120. The van der Waals surface area contributed by atoms with Crippen molar-refractivity contribution in [3.8, 4) is 5.75 Å². The van der Waals surface area contributed by atoms with Gasteiger partial charge in [-0.05, 0) is 48.8 Å². The van der Waals surface area contributed by atoms with Crippen LogP contribution < -0.4 is 9.64 Å². The molecule has 0 spiro atoms. The van der Waals surface area contributed by atoms with Gasteiger partial charge in [0.1, 0.15) is 11.4 Å². The van der Waals surface area contributed by atoms with Gasteiger partial charge in [0.15, 0.2) is 0 Å². The highest BCUT2D eigenvalue weighted by Crippen LogP contribution is 2.41. The van der Waals surface area contributed by atoms with Crippen molar-refractivity contribution >= 4 is 34.4 Å². The molecule has 0 radical (unpaired) electrons. The molecule has 0 aliphatic carbocycles. The minimum Gasteiger partial charge on any atom is -0.492 e. The molecule has 2 unspecified atom stereocenters. The van der Waals surface area contributed by atoms with E-state index in [0.717, 1.165) is 24.4 Å². The smallest absolute Gasteiger partial charge is 0.282 e. The summed E-state index contributed by atoms with van der Waals surface area (Å²) >= 11 is 1.49. The number of rotatable bonds is 5. The molecule has 0 bridgehead atoms. The fourth-order valence-corrected chi connectivity index (χ4v) is 5.20. The molecule has 3 heterocycles. The predicted molar refractivity (Wildman–Crippen MR) is 116 cm³/mol. The number of amides is 2. The quantitative estimate of drug-likeness (QED) is 0.685. The second-order valence-electron chi connectivity index (χ2n) is 7.90. The van der Waals surface area contributed by atoms with Crippen molar-refractivity contribution < 1.29 is 14.3 Å². The molecule has 1 saturated heterocycles. The molecule has 4 rings (SSSR count). The van der Waals surface area contributed by atoms with Crippen LogP contribution >= 0.6 is 11.3 Å². The number of anilines is 1. The summed E-state index contributed by atoms with van der Waals surface area (Å²) in [6, 6.07) is 11.1. The Morgan fingerprint density at radius 2 is 1.76 bits per heavy atom. The Bertz CT molecular complexity index is 941. The highest BCUT2D eigenvalue weighted by molar-refractivity contribution is 7.11. The predicted octanol–water partition coefficient (Wildman–Crippen LogP) is 4.41. The molecule has 1 aromatic carbocycles. The summed E-state index contributed by atoms with van der Waals surface area (Å²) in [6.45, 7) is 8.34. The van der Waals surface area contributed by atoms with Gasteiger partial charge in [0, 0.05) is 18.0 Å². The first-order chi connectivity index (χ1) is 14.0. The highest BCUT2D eigenvalue weighted by atomic mass is 32.1. The molecule has 0 N–H and O–H groups in total. The second-order valence-corrected chi connectivity index (χ2v) is 8.85. The number of hydrogen-bond acceptors (Lipinski definition) is 5. The van der Waals surface area contributed by atoms with Crippen LogP contribution in [0.1, 0.15) is 32.1 Å². The van der Waals surface area contributed by atoms with Gasteiger partial charge < -0.3 is 9.64 Å². The number of hydrogen-bond donors (Lipinski definition) is 0. The summed E-state index contributed by atoms with van der Waals surface area (Å²) in [7, 11) is 0. The molecule has 152 valence electrons. The Kier molecular flexibility index (Phi) is 5.46. The van der Waals surface area contributed by atoms with Gasteiger partial charge in [-0.1, -0.05) is 32.0 Å². The standard InChI is InChI=1S/C23H26N2O3S/c1-4-28-18-9-6-5-8-17(18)25-22(26)20(19-10-7-11-29-19)21(23(25)27)24-13-15(2)12-16(3)14-24/h5-11,15-16H,4,12-14H2,1-3H3. The third-order valence-electron chi connectivity index (χ3n) is 5.42. The van der Waals surface area contributed by atoms with Crippen molar-refractivity contribution in [1.82, 2.24) is 4.90 Å². The second kappa shape index (κ2) is 8.03. The summed E-state index contributed by atoms with van der Waals surface area (Å²) < 4.78 is 5.71. The molecule has 2 atom stereocenters. The number of ether oxygens (including phenoxy) is 1. The van der Waals surface area contributed by atoms with Crippen LogP contribution in [0.25, 0.3) is 5.57 Å². The van der Waals surface area contributed by atoms with E-state index in [4.69, 9.17) is 4.74 Å². The van der Waals surface area contributed by atoms with Gasteiger partial charge in [0.05, 0.1) is 17.9 Å². The zero-order chi connectivity index (χ0) is 20.5. The molecule has 2 aliphatic rings. The largest absolute Gasteiger partial charge is 0.492 e. The molecule has 29 heavy (non-hydrogen) atoms. The van der Waals surface area contributed by atoms with E-state index in [1.54, 1.807) is 12.1 Å². The molecule has 5 nitrogen and oxygen atoms in total. The van der Waals surface area contributed by atoms with E-state index >= 15 is 0 Å². The Labute approximate surface area is 175 Å². The van der Waals surface area contributed by atoms with Crippen molar-refractivity contribution in [2.75, 3.05) is 24.6 Å². The monoisotopic (exact) mass is 410 g/mol. The Morgan fingerprint density at radius 1 is 1.03 bits per heavy atom. The highest BCUT2D eigenvalue weighted by Gasteiger charge is 2.44. The van der Waals surface area contributed by atoms with E-state index in [-0.39, 0.29) is 11.8 Å². The van der Waals surface area contributed by atoms with Crippen LogP contribution in [0.5, 0.6) is 5.75 Å². The number of carbonyl (C=O) groups is 2. The van der Waals surface area contributed by atoms with Crippen LogP contribution in [0.4, 0.5) is 5.69 Å². The summed E-state index contributed by atoms with van der Waals surface area (Å²) in [5.41, 5.74) is 1.55. The molecule has 2 aromatic rings. The number of imide groups is 1. The van der Waals surface area contributed by atoms with E-state index < -0.39 is 0 Å². The fraction of sp³-hybridized carbons (Fsp3) is 0.391. The van der Waals surface area contributed by atoms with E-state index in [9.17, 15) is 9.59 Å². The average molecular weight is 411 g/mol. The first-order valence-corrected chi connectivity index (χ1v) is 11.0. The minimum absolute atomic E-state index is 0.258. The van der Waals surface area contributed by atoms with E-state index in [2.05, 4.69) is 18.7 Å². The first-order valence-electron chi connectivity index (χ1n) is 10.1. The van der Waals surface area contributed by atoms with Gasteiger partial charge in [-0.15, -0.1) is 11.3 Å². The van der Waals surface area contributed by atoms with Gasteiger partial charge in [0.2, 0.25) is 0 Å². The van der Waals surface area contributed by atoms with Gasteiger partial charge in [-0.2, -0.15) is 0 Å². The maximum Gasteiger partial charge on any atom is 0.282 e. The first kappa shape index (κ1) is 19.7. The van der Waals surface area contributed by atoms with Crippen LogP contribution in [-0.2, 0) is 9.59 Å². The van der Waals surface area contributed by atoms with Crippen LogP contribution in [0.2, 0.25) is 0 Å². The Balaban J connectivity index is 1.81. The maximum atomic E-state index is 13.6. The van der Waals surface area contributed by atoms with E-state index in [0.29, 0.717) is 41.1 Å². The molecular weight excluding hydrogens is 384 g/mol. The molecule has 1 aromatic heterocycles. The fourth-order valence-electron chi connectivity index (χ4n) is 4.44. The number of likely N-dealkylation sites (tertiary alicyclic amines) is 1. The average Bonchev–Trinajstić information content (AvgIpc) is 3.28. The number of piperidine rings is 1. The van der Waals surface area contributed by atoms with Gasteiger partial charge in [0.25, 0.3) is 11.8 Å². The topological polar surface area (TPSA) is 49.9 Å². The summed E-state index contributed by atoms with van der Waals surface area (Å²) in [5, 5.41) is 1.94. The van der Waals surface area contributed by atoms with Crippen LogP contribution in [-0.4, -0.2) is 36.4 Å². The SMILES string of the molecule is CCOc1ccccc1N1C(=O)C(c2cccs2)=C(N2CC(C)CC(C)C2)C1=O. The Morgan fingerprint density at radius 3 is 2.41 bits per heavy atom. The van der Waals surface area contributed by atoms with Crippen LogP contribution in [0.3, 0.4) is 0 Å². The maximum absolute atomic E-state index is 13.6. The normalized spacial score (nSPS) is 22.6. The zero-order valence-corrected chi connectivity index (χ0v) is 17.9. The molecular formula is C23H26N2O3S. The van der Waals surface area contributed by atoms with Crippen LogP contribution in [0, 0.1) is 11.8 Å². The lowest BCUT2D eigenvalue weighted by Gasteiger charge is -2.37. The third-order valence-corrected chi connectivity index (χ3v) is 6.31. The van der Waals surface area contributed by atoms with E-state index in [1.165, 1.54) is 16.2 Å². The van der Waals surface area contributed by atoms with Crippen molar-refractivity contribution in [2.24, 2.45) is 11.8 Å². The lowest BCUT2D eigenvalue weighted by Crippen LogP contribution is -2.42. The third kappa shape index (κ3) is 3.57. The molecule has 1 fully saturated rings. The van der Waals surface area contributed by atoms with Gasteiger partial charge in [-0.25, -0.2) is 4.90 Å². The minimum atomic E-state index is -0.273. The van der Waals surface area contributed by atoms with Crippen molar-refractivity contribution in [3.63, 3.8) is 0 Å². The summed E-state index contributed by atoms with van der Waals surface area (Å²) in [6.07, 6.45) is 1.14. The number of thiophene rings is 1. The van der Waals surface area contributed by atoms with Crippen molar-refractivity contribution in [3.05, 3.63) is 52.4 Å². The zero-order valence-electron chi connectivity index (χ0n) is 17.1. The molecule has 6 heteroatoms. The molecule has 0 saturated carbocycles. The number of carbonyl (C=O) groups excluding carboxylic acids is 2. The van der Waals surface area contributed by atoms with Crippen molar-refractivity contribution in [2.45, 2.75) is 27.2 Å². The van der Waals surface area contributed by atoms with Gasteiger partial charge in [-0.3, -0.25) is 9.59 Å². The lowest BCUT2D eigenvalue weighted by atomic mass is 9.91. The van der Waals surface area contributed by atoms with Crippen molar-refractivity contribution in [1.29, 1.82) is 0 Å². The number of para-hydroxylation sites is 2. The van der Waals surface area contributed by atoms with Gasteiger partial charge >= 0.3 is 0 Å². The number of nitrogens with zero attached hydrogens (tertiary/aromatic N) is 2. The molecule has 2 aliphatic heterocycles. The molecule has 2 amide bonds. The summed E-state index contributed by atoms with van der Waals surface area (Å²) in [5.74, 6) is 0.966.